The highest BCUT2D eigenvalue weighted by Crippen LogP contribution is 2.36. The van der Waals surface area contributed by atoms with E-state index in [1.165, 1.54) is 18.2 Å². The Morgan fingerprint density at radius 2 is 2.00 bits per heavy atom. The van der Waals surface area contributed by atoms with Crippen molar-refractivity contribution in [1.82, 2.24) is 20.9 Å². The maximum Gasteiger partial charge on any atom is 0.305 e. The smallest absolute Gasteiger partial charge is 0.305 e. The van der Waals surface area contributed by atoms with Gasteiger partial charge in [-0.15, -0.1) is 0 Å². The minimum absolute atomic E-state index is 0.0519. The van der Waals surface area contributed by atoms with Crippen molar-refractivity contribution < 1.29 is 29.7 Å². The number of hydrogen-bond acceptors (Lipinski definition) is 9. The Balaban J connectivity index is 1.66. The summed E-state index contributed by atoms with van der Waals surface area (Å²) in [5.74, 6) is -2.56. The molecule has 8 N–H and O–H groups in total. The Morgan fingerprint density at radius 1 is 1.25 bits per heavy atom. The molecule has 0 radical (unpaired) electrons. The average molecular weight is 586 g/mol. The quantitative estimate of drug-likeness (QED) is 0.214. The zero-order valence-electron chi connectivity index (χ0n) is 18.5. The normalized spacial score (nSPS) is 15.8. The van der Waals surface area contributed by atoms with Gasteiger partial charge in [-0.1, -0.05) is 11.6 Å². The number of carbonyl (C=O) groups excluding carboxylic acids is 2. The summed E-state index contributed by atoms with van der Waals surface area (Å²) in [7, 11) is 0. The summed E-state index contributed by atoms with van der Waals surface area (Å²) in [6.07, 6.45) is -1.18. The third kappa shape index (κ3) is 7.44. The summed E-state index contributed by atoms with van der Waals surface area (Å²) in [5, 5.41) is 39.6. The fourth-order valence-electron chi connectivity index (χ4n) is 3.26. The molecule has 1 aliphatic rings. The summed E-state index contributed by atoms with van der Waals surface area (Å²) in [6, 6.07) is 3.96. The van der Waals surface area contributed by atoms with Crippen LogP contribution in [0, 0.1) is 0 Å². The second-order valence-electron chi connectivity index (χ2n) is 7.72. The van der Waals surface area contributed by atoms with Crippen LogP contribution in [-0.4, -0.2) is 69.8 Å². The minimum Gasteiger partial charge on any atom is -0.506 e. The number of carbonyl (C=O) groups is 3. The van der Waals surface area contributed by atoms with Crippen molar-refractivity contribution >= 4 is 57.1 Å². The number of hydrogen-bond donors (Lipinski definition) is 8. The zero-order chi connectivity index (χ0) is 26.4. The Labute approximate surface area is 217 Å². The third-order valence-electron chi connectivity index (χ3n) is 4.88. The minimum atomic E-state index is -1.24. The Bertz CT molecular complexity index is 1270. The van der Waals surface area contributed by atoms with Crippen LogP contribution in [0.2, 0.25) is 5.02 Å². The molecule has 3 rings (SSSR count). The first-order valence-electron chi connectivity index (χ1n) is 10.5. The van der Waals surface area contributed by atoms with Crippen LogP contribution in [0.5, 0.6) is 5.75 Å². The van der Waals surface area contributed by atoms with E-state index in [1.807, 2.05) is 0 Å². The van der Waals surface area contributed by atoms with Crippen molar-refractivity contribution in [3.8, 4) is 5.75 Å². The van der Waals surface area contributed by atoms with Crippen molar-refractivity contribution in [1.29, 1.82) is 0 Å². The van der Waals surface area contributed by atoms with Crippen LogP contribution in [0.15, 0.2) is 38.5 Å². The number of nitrogens with zero attached hydrogens (tertiary/aromatic N) is 1. The number of halogens is 2. The number of phenolic OH excluding ortho intramolecular Hbond substituents is 1. The standard InChI is InChI=1S/C21H22BrClN6O7/c22-13-4-10(23)3-12(19(13)35)14(5-18(33)34)27-17(32)8-24-20(36)9-1-15(28-16(31)2-9)29-21-25-6-11(30)7-26-21/h1-4,11,14,30,35H,5-8H2,(H,24,36)(H,27,32)(H,33,34)(H3,25,26,28,29,31). The second-order valence-corrected chi connectivity index (χ2v) is 9.01. The van der Waals surface area contributed by atoms with Crippen LogP contribution >= 0.6 is 27.5 Å². The van der Waals surface area contributed by atoms with Crippen LogP contribution in [0.3, 0.4) is 0 Å². The first kappa shape index (κ1) is 27.0. The molecule has 13 nitrogen and oxygen atoms in total. The molecule has 0 fully saturated rings. The van der Waals surface area contributed by atoms with E-state index in [2.05, 4.69) is 47.2 Å². The summed E-state index contributed by atoms with van der Waals surface area (Å²) in [5.41, 5.74) is -0.563. The molecule has 2 aromatic rings. The molecule has 0 aliphatic carbocycles. The number of nitrogens with one attached hydrogen (secondary N) is 5. The number of H-pyrrole nitrogens is 1. The number of amides is 2. The van der Waals surface area contributed by atoms with Gasteiger partial charge >= 0.3 is 5.97 Å². The summed E-state index contributed by atoms with van der Waals surface area (Å²) in [6.45, 7) is -0.112. The Hall–Kier alpha value is -3.62. The lowest BCUT2D eigenvalue weighted by molar-refractivity contribution is -0.137. The van der Waals surface area contributed by atoms with E-state index >= 15 is 0 Å². The maximum atomic E-state index is 12.6. The molecule has 0 saturated heterocycles. The van der Waals surface area contributed by atoms with E-state index < -0.39 is 48.5 Å². The van der Waals surface area contributed by atoms with Crippen LogP contribution in [0.4, 0.5) is 5.82 Å². The Morgan fingerprint density at radius 3 is 2.67 bits per heavy atom. The number of guanidine groups is 1. The van der Waals surface area contributed by atoms with Gasteiger partial charge < -0.3 is 41.6 Å². The van der Waals surface area contributed by atoms with Gasteiger partial charge in [0.15, 0.2) is 5.96 Å². The summed E-state index contributed by atoms with van der Waals surface area (Å²) in [4.78, 5) is 54.9. The van der Waals surface area contributed by atoms with Crippen molar-refractivity contribution in [3.05, 3.63) is 55.2 Å². The number of aliphatic imine (C=N–C) groups is 1. The molecule has 2 heterocycles. The van der Waals surface area contributed by atoms with Crippen molar-refractivity contribution in [3.63, 3.8) is 0 Å². The van der Waals surface area contributed by atoms with Crippen molar-refractivity contribution in [2.24, 2.45) is 4.99 Å². The molecular formula is C21H22BrClN6O7. The van der Waals surface area contributed by atoms with E-state index in [0.717, 1.165) is 6.07 Å². The van der Waals surface area contributed by atoms with Gasteiger partial charge in [-0.3, -0.25) is 24.2 Å². The molecule has 1 aromatic heterocycles. The molecule has 2 unspecified atom stereocenters. The Kier molecular flexibility index (Phi) is 8.90. The predicted octanol–water partition coefficient (Wildman–Crippen LogP) is 0.290. The highest BCUT2D eigenvalue weighted by Gasteiger charge is 2.23. The maximum absolute atomic E-state index is 12.6. The van der Waals surface area contributed by atoms with Gasteiger partial charge in [-0.05, 0) is 34.1 Å². The van der Waals surface area contributed by atoms with Gasteiger partial charge in [-0.2, -0.15) is 0 Å². The third-order valence-corrected chi connectivity index (χ3v) is 5.70. The number of aromatic amines is 1. The number of carboxylic acids is 1. The van der Waals surface area contributed by atoms with Gasteiger partial charge in [0.25, 0.3) is 5.91 Å². The molecule has 15 heteroatoms. The van der Waals surface area contributed by atoms with E-state index in [9.17, 15) is 34.5 Å². The number of aliphatic hydroxyl groups excluding tert-OH is 1. The molecule has 0 bridgehead atoms. The van der Waals surface area contributed by atoms with Crippen LogP contribution < -0.4 is 26.8 Å². The van der Waals surface area contributed by atoms with Crippen LogP contribution in [0.25, 0.3) is 0 Å². The molecule has 192 valence electrons. The molecule has 36 heavy (non-hydrogen) atoms. The second kappa shape index (κ2) is 11.9. The van der Waals surface area contributed by atoms with Crippen molar-refractivity contribution in [2.45, 2.75) is 18.6 Å². The number of phenols is 1. The number of anilines is 1. The highest BCUT2D eigenvalue weighted by molar-refractivity contribution is 9.10. The number of benzene rings is 1. The largest absolute Gasteiger partial charge is 0.506 e. The number of rotatable bonds is 8. The first-order chi connectivity index (χ1) is 17.0. The van der Waals surface area contributed by atoms with Crippen molar-refractivity contribution in [2.75, 3.05) is 25.0 Å². The SMILES string of the molecule is O=C(O)CC(NC(=O)CNC(=O)c1cc(NC2=NCC(O)CN2)[nH]c(=O)c1)c1cc(Cl)cc(Br)c1O. The van der Waals surface area contributed by atoms with Crippen LogP contribution in [-0.2, 0) is 9.59 Å². The number of aliphatic carboxylic acids is 1. The fourth-order valence-corrected chi connectivity index (χ4v) is 4.09. The number of aliphatic hydroxyl groups is 1. The fraction of sp³-hybridized carbons (Fsp3) is 0.286. The highest BCUT2D eigenvalue weighted by atomic mass is 79.9. The summed E-state index contributed by atoms with van der Waals surface area (Å²) < 4.78 is 0.215. The molecule has 0 spiro atoms. The number of aromatic hydroxyl groups is 1. The van der Waals surface area contributed by atoms with Gasteiger partial charge in [0.2, 0.25) is 11.5 Å². The van der Waals surface area contributed by atoms with E-state index in [-0.39, 0.29) is 45.3 Å². The monoisotopic (exact) mass is 584 g/mol. The van der Waals surface area contributed by atoms with Gasteiger partial charge in [0, 0.05) is 28.8 Å². The van der Waals surface area contributed by atoms with Crippen LogP contribution in [0.1, 0.15) is 28.4 Å². The molecule has 2 amide bonds. The van der Waals surface area contributed by atoms with Gasteiger partial charge in [-0.25, -0.2) is 0 Å². The van der Waals surface area contributed by atoms with E-state index in [1.54, 1.807) is 0 Å². The molecule has 2 atom stereocenters. The van der Waals surface area contributed by atoms with E-state index in [0.29, 0.717) is 5.96 Å². The van der Waals surface area contributed by atoms with Gasteiger partial charge in [0.1, 0.15) is 11.6 Å². The number of pyridine rings is 1. The average Bonchev–Trinajstić information content (AvgIpc) is 2.80. The first-order valence-corrected chi connectivity index (χ1v) is 11.6. The lowest BCUT2D eigenvalue weighted by Gasteiger charge is -2.20. The molecule has 1 aliphatic heterocycles. The zero-order valence-corrected chi connectivity index (χ0v) is 20.8. The number of aromatic nitrogens is 1. The topological polar surface area (TPSA) is 205 Å². The number of carboxylic acid groups (broad SMARTS) is 1. The molecule has 1 aromatic carbocycles. The summed E-state index contributed by atoms with van der Waals surface area (Å²) >= 11 is 9.10. The molecular weight excluding hydrogens is 564 g/mol. The van der Waals surface area contributed by atoms with Gasteiger partial charge in [0.05, 0.1) is 36.1 Å². The molecule has 0 saturated carbocycles. The number of β-amino-alcohol motifs (C(OH)–C–C–N with tert-alkyl or cyclic N) is 1. The van der Waals surface area contributed by atoms with E-state index in [4.69, 9.17) is 11.6 Å². The lowest BCUT2D eigenvalue weighted by Crippen LogP contribution is -2.43. The lowest BCUT2D eigenvalue weighted by atomic mass is 10.0. The predicted molar refractivity (Wildman–Crippen MR) is 133 cm³/mol.